The minimum absolute atomic E-state index is 0.0300. The van der Waals surface area contributed by atoms with Crippen molar-refractivity contribution in [1.82, 2.24) is 4.98 Å². The van der Waals surface area contributed by atoms with E-state index >= 15 is 0 Å². The number of para-hydroxylation sites is 2. The summed E-state index contributed by atoms with van der Waals surface area (Å²) >= 11 is 0. The van der Waals surface area contributed by atoms with Gasteiger partial charge in [-0.05, 0) is 122 Å². The zero-order valence-corrected chi connectivity index (χ0v) is 28.7. The Morgan fingerprint density at radius 3 is 1.74 bits per heavy atom. The standard InChI is InChI=1S/C21H18N2O4.C21H16N2O3/c1-14-7-12-18(20(24)25)19(13-14)23-21(26)22-15-8-10-17(11-9-15)27-16-5-3-2-4-6-16;1-14-7-12-18-19(13-14)23-21(26-20(18)24)22-15-8-10-17(11-9-15)25-16-5-3-2-4-6-16/h2-13H,1H3,(H,24,25)(H2,22,23,26);2-13H,1H3,(H,22,23). The van der Waals surface area contributed by atoms with Gasteiger partial charge >= 0.3 is 23.6 Å². The molecule has 0 unspecified atom stereocenters. The van der Waals surface area contributed by atoms with Gasteiger partial charge in [0.2, 0.25) is 0 Å². The van der Waals surface area contributed by atoms with Gasteiger partial charge in [-0.1, -0.05) is 48.5 Å². The van der Waals surface area contributed by atoms with Gasteiger partial charge < -0.3 is 34.9 Å². The minimum Gasteiger partial charge on any atom is -0.478 e. The summed E-state index contributed by atoms with van der Waals surface area (Å²) in [6.07, 6.45) is 0. The number of hydrogen-bond donors (Lipinski definition) is 4. The van der Waals surface area contributed by atoms with E-state index in [0.717, 1.165) is 28.3 Å². The van der Waals surface area contributed by atoms with Crippen molar-refractivity contribution in [2.24, 2.45) is 0 Å². The topological polar surface area (TPSA) is 152 Å². The summed E-state index contributed by atoms with van der Waals surface area (Å²) in [6, 6.07) is 42.9. The number of carboxylic acids is 1. The minimum atomic E-state index is -1.10. The molecule has 7 rings (SSSR count). The molecule has 1 heterocycles. The molecule has 2 amide bonds. The van der Waals surface area contributed by atoms with Gasteiger partial charge in [0.05, 0.1) is 22.2 Å². The van der Waals surface area contributed by atoms with E-state index in [1.807, 2.05) is 111 Å². The van der Waals surface area contributed by atoms with Gasteiger partial charge in [-0.2, -0.15) is 4.98 Å². The van der Waals surface area contributed by atoms with Crippen LogP contribution in [0.25, 0.3) is 10.9 Å². The van der Waals surface area contributed by atoms with Crippen molar-refractivity contribution in [3.05, 3.63) is 173 Å². The number of anilines is 4. The van der Waals surface area contributed by atoms with Crippen molar-refractivity contribution in [3.63, 3.8) is 0 Å². The second kappa shape index (κ2) is 16.5. The molecule has 7 aromatic rings. The molecule has 0 saturated heterocycles. The van der Waals surface area contributed by atoms with Crippen molar-refractivity contribution in [1.29, 1.82) is 0 Å². The van der Waals surface area contributed by atoms with Gasteiger partial charge in [0.15, 0.2) is 0 Å². The number of aromatic nitrogens is 1. The van der Waals surface area contributed by atoms with Crippen LogP contribution in [0.1, 0.15) is 21.5 Å². The average Bonchev–Trinajstić information content (AvgIpc) is 3.14. The number of benzene rings is 6. The van der Waals surface area contributed by atoms with E-state index in [9.17, 15) is 19.5 Å². The lowest BCUT2D eigenvalue weighted by Gasteiger charge is -2.11. The number of aryl methyl sites for hydroxylation is 2. The Hall–Kier alpha value is -7.40. The highest BCUT2D eigenvalue weighted by molar-refractivity contribution is 6.04. The summed E-state index contributed by atoms with van der Waals surface area (Å²) in [5, 5.41) is 17.9. The smallest absolute Gasteiger partial charge is 0.348 e. The zero-order chi connectivity index (χ0) is 37.2. The first-order valence-electron chi connectivity index (χ1n) is 16.4. The fourth-order valence-electron chi connectivity index (χ4n) is 5.05. The Labute approximate surface area is 304 Å². The molecular weight excluding hydrogens is 672 g/mol. The molecule has 0 aliphatic heterocycles. The van der Waals surface area contributed by atoms with Crippen molar-refractivity contribution < 1.29 is 28.6 Å². The SMILES string of the molecule is Cc1ccc(C(=O)O)c(NC(=O)Nc2ccc(Oc3ccccc3)cc2)c1.Cc1ccc2c(=O)oc(Nc3ccc(Oc4ccccc4)cc3)nc2c1. The summed E-state index contributed by atoms with van der Waals surface area (Å²) in [6.45, 7) is 3.77. The molecule has 264 valence electrons. The number of carbonyl (C=O) groups is 2. The maximum atomic E-state index is 12.2. The number of nitrogens with zero attached hydrogens (tertiary/aromatic N) is 1. The number of amides is 2. The predicted molar refractivity (Wildman–Crippen MR) is 205 cm³/mol. The molecule has 11 heteroatoms. The third-order valence-corrected chi connectivity index (χ3v) is 7.61. The molecule has 0 atom stereocenters. The number of rotatable bonds is 9. The quantitative estimate of drug-likeness (QED) is 0.115. The van der Waals surface area contributed by atoms with E-state index in [1.165, 1.54) is 6.07 Å². The Bertz CT molecular complexity index is 2400. The summed E-state index contributed by atoms with van der Waals surface area (Å²) in [7, 11) is 0. The highest BCUT2D eigenvalue weighted by atomic mass is 16.5. The molecule has 53 heavy (non-hydrogen) atoms. The predicted octanol–water partition coefficient (Wildman–Crippen LogP) is 10.2. The maximum absolute atomic E-state index is 12.2. The van der Waals surface area contributed by atoms with E-state index in [0.29, 0.717) is 28.1 Å². The van der Waals surface area contributed by atoms with Crippen LogP contribution >= 0.6 is 0 Å². The maximum Gasteiger partial charge on any atom is 0.348 e. The first-order chi connectivity index (χ1) is 25.7. The fourth-order valence-corrected chi connectivity index (χ4v) is 5.05. The lowest BCUT2D eigenvalue weighted by atomic mass is 10.1. The molecule has 1 aromatic heterocycles. The van der Waals surface area contributed by atoms with Gasteiger partial charge in [-0.15, -0.1) is 0 Å². The van der Waals surface area contributed by atoms with Crippen LogP contribution in [0.2, 0.25) is 0 Å². The van der Waals surface area contributed by atoms with Crippen LogP contribution < -0.4 is 31.0 Å². The molecule has 0 saturated carbocycles. The van der Waals surface area contributed by atoms with Gasteiger partial charge in [-0.3, -0.25) is 0 Å². The van der Waals surface area contributed by atoms with Crippen molar-refractivity contribution in [3.8, 4) is 23.0 Å². The summed E-state index contributed by atoms with van der Waals surface area (Å²) < 4.78 is 16.7. The van der Waals surface area contributed by atoms with Crippen LogP contribution in [-0.2, 0) is 0 Å². The van der Waals surface area contributed by atoms with E-state index in [4.69, 9.17) is 13.9 Å². The summed E-state index contributed by atoms with van der Waals surface area (Å²) in [5.74, 6) is 1.74. The molecule has 4 N–H and O–H groups in total. The van der Waals surface area contributed by atoms with Crippen LogP contribution in [0, 0.1) is 13.8 Å². The second-order valence-electron chi connectivity index (χ2n) is 11.8. The number of nitrogens with one attached hydrogen (secondary N) is 3. The van der Waals surface area contributed by atoms with Crippen molar-refractivity contribution in [2.75, 3.05) is 16.0 Å². The Kier molecular flexibility index (Phi) is 11.1. The third-order valence-electron chi connectivity index (χ3n) is 7.61. The fraction of sp³-hybridized carbons (Fsp3) is 0.0476. The zero-order valence-electron chi connectivity index (χ0n) is 28.7. The van der Waals surface area contributed by atoms with Crippen molar-refractivity contribution in [2.45, 2.75) is 13.8 Å². The number of fused-ring (bicyclic) bond motifs is 1. The number of aromatic carboxylic acids is 1. The number of hydrogen-bond acceptors (Lipinski definition) is 8. The Balaban J connectivity index is 0.000000181. The van der Waals surface area contributed by atoms with E-state index < -0.39 is 17.6 Å². The van der Waals surface area contributed by atoms with E-state index in [2.05, 4.69) is 20.9 Å². The molecule has 0 aliphatic carbocycles. The summed E-state index contributed by atoms with van der Waals surface area (Å²) in [5.41, 5.74) is 3.63. The lowest BCUT2D eigenvalue weighted by molar-refractivity contribution is 0.0698. The molecule has 0 spiro atoms. The van der Waals surface area contributed by atoms with Crippen molar-refractivity contribution >= 4 is 46.0 Å². The molecule has 11 nitrogen and oxygen atoms in total. The number of urea groups is 1. The van der Waals surface area contributed by atoms with Gasteiger partial charge in [-0.25, -0.2) is 14.4 Å². The van der Waals surface area contributed by atoms with Crippen LogP contribution in [0.15, 0.2) is 155 Å². The molecule has 0 radical (unpaired) electrons. The molecule has 0 bridgehead atoms. The molecule has 0 fully saturated rings. The van der Waals surface area contributed by atoms with Crippen LogP contribution in [0.4, 0.5) is 27.9 Å². The van der Waals surface area contributed by atoms with Gasteiger partial charge in [0.25, 0.3) is 0 Å². The summed E-state index contributed by atoms with van der Waals surface area (Å²) in [4.78, 5) is 39.9. The lowest BCUT2D eigenvalue weighted by Crippen LogP contribution is -2.21. The Morgan fingerprint density at radius 2 is 1.15 bits per heavy atom. The molecular formula is C42H34N4O7. The van der Waals surface area contributed by atoms with Gasteiger partial charge in [0, 0.05) is 11.4 Å². The third kappa shape index (κ3) is 9.86. The highest BCUT2D eigenvalue weighted by Crippen LogP contribution is 2.25. The first kappa shape index (κ1) is 35.4. The average molecular weight is 707 g/mol. The Morgan fingerprint density at radius 1 is 0.623 bits per heavy atom. The van der Waals surface area contributed by atoms with E-state index in [1.54, 1.807) is 42.5 Å². The van der Waals surface area contributed by atoms with Crippen LogP contribution in [0.3, 0.4) is 0 Å². The normalized spacial score (nSPS) is 10.4. The molecule has 6 aromatic carbocycles. The van der Waals surface area contributed by atoms with Crippen LogP contribution in [0.5, 0.6) is 23.0 Å². The van der Waals surface area contributed by atoms with E-state index in [-0.39, 0.29) is 17.3 Å². The largest absolute Gasteiger partial charge is 0.478 e. The second-order valence-corrected chi connectivity index (χ2v) is 11.8. The first-order valence-corrected chi connectivity index (χ1v) is 16.4. The molecule has 0 aliphatic rings. The van der Waals surface area contributed by atoms with Crippen LogP contribution in [-0.4, -0.2) is 22.1 Å². The highest BCUT2D eigenvalue weighted by Gasteiger charge is 2.13. The monoisotopic (exact) mass is 706 g/mol. The number of carboxylic acid groups (broad SMARTS) is 1. The number of carbonyl (C=O) groups excluding carboxylic acids is 1. The van der Waals surface area contributed by atoms with Gasteiger partial charge in [0.1, 0.15) is 23.0 Å². The number of ether oxygens (including phenoxy) is 2.